The lowest BCUT2D eigenvalue weighted by Crippen LogP contribution is -2.26. The molecule has 1 aromatic rings. The molecule has 0 aromatic heterocycles. The Morgan fingerprint density at radius 2 is 2.05 bits per heavy atom. The fourth-order valence-corrected chi connectivity index (χ4v) is 3.56. The summed E-state index contributed by atoms with van der Waals surface area (Å²) in [7, 11) is 0. The molecular weight excluding hydrogens is 317 g/mol. The Morgan fingerprint density at radius 3 is 2.75 bits per heavy atom. The fraction of sp³-hybridized carbons (Fsp3) is 0.647. The molecule has 0 heterocycles. The summed E-state index contributed by atoms with van der Waals surface area (Å²) in [6.07, 6.45) is 8.80. The van der Waals surface area contributed by atoms with E-state index in [1.165, 1.54) is 32.1 Å². The third-order valence-electron chi connectivity index (χ3n) is 4.27. The van der Waals surface area contributed by atoms with Gasteiger partial charge < -0.3 is 5.32 Å². The molecule has 1 saturated carbocycles. The molecule has 2 rings (SSSR count). The maximum atomic E-state index is 14.1. The van der Waals surface area contributed by atoms with E-state index < -0.39 is 0 Å². The van der Waals surface area contributed by atoms with Gasteiger partial charge in [-0.15, -0.1) is 0 Å². The molecular formula is C17H25BrFN. The lowest BCUT2D eigenvalue weighted by Gasteiger charge is -2.28. The number of hydrogen-bond donors (Lipinski definition) is 1. The van der Waals surface area contributed by atoms with Crippen molar-refractivity contribution in [1.29, 1.82) is 0 Å². The van der Waals surface area contributed by atoms with Gasteiger partial charge in [0.05, 0.1) is 0 Å². The van der Waals surface area contributed by atoms with Gasteiger partial charge in [0.2, 0.25) is 0 Å². The molecule has 1 nitrogen and oxygen atoms in total. The molecule has 1 atom stereocenters. The van der Waals surface area contributed by atoms with Gasteiger partial charge in [-0.05, 0) is 43.5 Å². The average Bonchev–Trinajstić information content (AvgIpc) is 2.47. The molecule has 3 heteroatoms. The molecule has 0 aliphatic heterocycles. The highest BCUT2D eigenvalue weighted by molar-refractivity contribution is 9.10. The predicted molar refractivity (Wildman–Crippen MR) is 86.3 cm³/mol. The number of nitrogens with one attached hydrogen (secondary N) is 1. The minimum atomic E-state index is -0.0855. The number of hydrogen-bond acceptors (Lipinski definition) is 1. The summed E-state index contributed by atoms with van der Waals surface area (Å²) in [5.41, 5.74) is 0.818. The van der Waals surface area contributed by atoms with Gasteiger partial charge in [-0.25, -0.2) is 4.39 Å². The zero-order chi connectivity index (χ0) is 14.4. The lowest BCUT2D eigenvalue weighted by atomic mass is 9.83. The second-order valence-corrected chi connectivity index (χ2v) is 6.83. The zero-order valence-corrected chi connectivity index (χ0v) is 13.9. The second kappa shape index (κ2) is 8.14. The van der Waals surface area contributed by atoms with Crippen LogP contribution in [0.15, 0.2) is 22.7 Å². The maximum Gasteiger partial charge on any atom is 0.128 e. The zero-order valence-electron chi connectivity index (χ0n) is 12.3. The smallest absolute Gasteiger partial charge is 0.128 e. The summed E-state index contributed by atoms with van der Waals surface area (Å²) in [6.45, 7) is 3.10. The fourth-order valence-electron chi connectivity index (χ4n) is 3.18. The molecule has 0 amide bonds. The van der Waals surface area contributed by atoms with Crippen molar-refractivity contribution in [3.8, 4) is 0 Å². The number of benzene rings is 1. The van der Waals surface area contributed by atoms with Crippen molar-refractivity contribution in [2.45, 2.75) is 57.9 Å². The normalized spacial score (nSPS) is 18.1. The molecule has 112 valence electrons. The Labute approximate surface area is 130 Å². The lowest BCUT2D eigenvalue weighted by molar-refractivity contribution is 0.297. The summed E-state index contributed by atoms with van der Waals surface area (Å²) >= 11 is 3.46. The van der Waals surface area contributed by atoms with Crippen LogP contribution in [0.1, 0.15) is 63.5 Å². The van der Waals surface area contributed by atoms with E-state index in [1.807, 2.05) is 6.07 Å². The van der Waals surface area contributed by atoms with Crippen LogP contribution in [0.2, 0.25) is 0 Å². The van der Waals surface area contributed by atoms with Gasteiger partial charge in [0, 0.05) is 16.1 Å². The van der Waals surface area contributed by atoms with Crippen molar-refractivity contribution in [3.63, 3.8) is 0 Å². The van der Waals surface area contributed by atoms with Crippen molar-refractivity contribution in [2.75, 3.05) is 6.54 Å². The predicted octanol–water partition coefficient (Wildman–Crippen LogP) is 5.60. The first-order valence-electron chi connectivity index (χ1n) is 7.89. The van der Waals surface area contributed by atoms with Gasteiger partial charge in [-0.1, -0.05) is 55.0 Å². The average molecular weight is 342 g/mol. The standard InChI is InChI=1S/C17H25BrFN/c1-2-10-20-17(11-13-6-4-3-5-7-13)15-12-14(18)8-9-16(15)19/h8-9,12-13,17,20H,2-7,10-11H2,1H3. The molecule has 20 heavy (non-hydrogen) atoms. The monoisotopic (exact) mass is 341 g/mol. The van der Waals surface area contributed by atoms with Crippen LogP contribution in [0, 0.1) is 11.7 Å². The second-order valence-electron chi connectivity index (χ2n) is 5.91. The van der Waals surface area contributed by atoms with Crippen LogP contribution in [-0.2, 0) is 0 Å². The summed E-state index contributed by atoms with van der Waals surface area (Å²) in [6, 6.07) is 5.43. The number of rotatable bonds is 6. The molecule has 1 unspecified atom stereocenters. The highest BCUT2D eigenvalue weighted by Gasteiger charge is 2.22. The van der Waals surface area contributed by atoms with Crippen molar-refractivity contribution in [1.82, 2.24) is 5.32 Å². The molecule has 0 bridgehead atoms. The highest BCUT2D eigenvalue weighted by atomic mass is 79.9. The summed E-state index contributed by atoms with van der Waals surface area (Å²) in [5, 5.41) is 3.54. The maximum absolute atomic E-state index is 14.1. The SMILES string of the molecule is CCCNC(CC1CCCCC1)c1cc(Br)ccc1F. The third kappa shape index (κ3) is 4.56. The van der Waals surface area contributed by atoms with E-state index in [0.717, 1.165) is 35.3 Å². The van der Waals surface area contributed by atoms with Crippen LogP contribution < -0.4 is 5.32 Å². The van der Waals surface area contributed by atoms with E-state index in [2.05, 4.69) is 28.2 Å². The topological polar surface area (TPSA) is 12.0 Å². The van der Waals surface area contributed by atoms with E-state index in [1.54, 1.807) is 12.1 Å². The Morgan fingerprint density at radius 1 is 1.30 bits per heavy atom. The first-order valence-corrected chi connectivity index (χ1v) is 8.68. The van der Waals surface area contributed by atoms with Crippen LogP contribution in [0.4, 0.5) is 4.39 Å². The molecule has 1 aliphatic rings. The van der Waals surface area contributed by atoms with Crippen molar-refractivity contribution in [2.24, 2.45) is 5.92 Å². The van der Waals surface area contributed by atoms with Crippen LogP contribution in [-0.4, -0.2) is 6.54 Å². The van der Waals surface area contributed by atoms with Crippen LogP contribution in [0.5, 0.6) is 0 Å². The summed E-state index contributed by atoms with van der Waals surface area (Å²) in [5.74, 6) is 0.661. The van der Waals surface area contributed by atoms with Crippen LogP contribution >= 0.6 is 15.9 Å². The highest BCUT2D eigenvalue weighted by Crippen LogP contribution is 2.33. The van der Waals surface area contributed by atoms with E-state index in [0.29, 0.717) is 0 Å². The van der Waals surface area contributed by atoms with Gasteiger partial charge in [-0.2, -0.15) is 0 Å². The molecule has 0 radical (unpaired) electrons. The number of halogens is 2. The molecule has 1 fully saturated rings. The molecule has 1 aromatic carbocycles. The third-order valence-corrected chi connectivity index (χ3v) is 4.76. The Kier molecular flexibility index (Phi) is 6.50. The van der Waals surface area contributed by atoms with E-state index in [-0.39, 0.29) is 11.9 Å². The van der Waals surface area contributed by atoms with Gasteiger partial charge in [0.1, 0.15) is 5.82 Å². The van der Waals surface area contributed by atoms with E-state index in [9.17, 15) is 4.39 Å². The van der Waals surface area contributed by atoms with Gasteiger partial charge in [0.25, 0.3) is 0 Å². The van der Waals surface area contributed by atoms with Crippen molar-refractivity contribution in [3.05, 3.63) is 34.1 Å². The van der Waals surface area contributed by atoms with E-state index in [4.69, 9.17) is 0 Å². The Bertz CT molecular complexity index is 415. The molecule has 1 N–H and O–H groups in total. The summed E-state index contributed by atoms with van der Waals surface area (Å²) < 4.78 is 15.1. The summed E-state index contributed by atoms with van der Waals surface area (Å²) in [4.78, 5) is 0. The Balaban J connectivity index is 2.10. The van der Waals surface area contributed by atoms with Crippen LogP contribution in [0.3, 0.4) is 0 Å². The van der Waals surface area contributed by atoms with Crippen LogP contribution in [0.25, 0.3) is 0 Å². The van der Waals surface area contributed by atoms with Gasteiger partial charge >= 0.3 is 0 Å². The van der Waals surface area contributed by atoms with Gasteiger partial charge in [-0.3, -0.25) is 0 Å². The van der Waals surface area contributed by atoms with Crippen molar-refractivity contribution < 1.29 is 4.39 Å². The minimum absolute atomic E-state index is 0.0855. The first-order chi connectivity index (χ1) is 9.70. The van der Waals surface area contributed by atoms with Gasteiger partial charge in [0.15, 0.2) is 0 Å². The molecule has 0 saturated heterocycles. The Hall–Kier alpha value is -0.410. The van der Waals surface area contributed by atoms with E-state index >= 15 is 0 Å². The largest absolute Gasteiger partial charge is 0.310 e. The molecule has 0 spiro atoms. The minimum Gasteiger partial charge on any atom is -0.310 e. The molecule has 1 aliphatic carbocycles. The first kappa shape index (κ1) is 16.0. The quantitative estimate of drug-likeness (QED) is 0.710. The van der Waals surface area contributed by atoms with Crippen molar-refractivity contribution >= 4 is 15.9 Å².